The van der Waals surface area contributed by atoms with Crippen LogP contribution in [0.1, 0.15) is 16.1 Å². The van der Waals surface area contributed by atoms with Crippen molar-refractivity contribution in [1.82, 2.24) is 9.55 Å². The van der Waals surface area contributed by atoms with Crippen LogP contribution in [0.3, 0.4) is 0 Å². The molecule has 2 rings (SSSR count). The van der Waals surface area contributed by atoms with Gasteiger partial charge < -0.3 is 15.4 Å². The number of hydrogen-bond acceptors (Lipinski definition) is 3. The second kappa shape index (κ2) is 4.47. The van der Waals surface area contributed by atoms with Crippen LogP contribution < -0.4 is 5.73 Å². The van der Waals surface area contributed by atoms with Crippen LogP contribution in [0.15, 0.2) is 30.6 Å². The van der Waals surface area contributed by atoms with Gasteiger partial charge in [-0.2, -0.15) is 0 Å². The molecule has 2 aromatic rings. The third-order valence-corrected chi connectivity index (χ3v) is 2.57. The van der Waals surface area contributed by atoms with Gasteiger partial charge in [-0.3, -0.25) is 4.79 Å². The maximum absolute atomic E-state index is 11.1. The SMILES string of the molecule is NC(=O)c1c(O)ncn1Cc1ccc(Cl)cc1. The zero-order chi connectivity index (χ0) is 12.4. The van der Waals surface area contributed by atoms with Crippen molar-refractivity contribution in [2.24, 2.45) is 5.73 Å². The third kappa shape index (κ3) is 2.39. The number of aromatic hydroxyl groups is 1. The lowest BCUT2D eigenvalue weighted by atomic mass is 10.2. The summed E-state index contributed by atoms with van der Waals surface area (Å²) in [5.41, 5.74) is 6.08. The Morgan fingerprint density at radius 2 is 2.06 bits per heavy atom. The largest absolute Gasteiger partial charge is 0.492 e. The van der Waals surface area contributed by atoms with Crippen LogP contribution in [0.4, 0.5) is 0 Å². The molecule has 1 aromatic carbocycles. The number of carbonyl (C=O) groups is 1. The molecule has 1 amide bonds. The van der Waals surface area contributed by atoms with E-state index in [-0.39, 0.29) is 11.6 Å². The minimum absolute atomic E-state index is 0.0000463. The Labute approximate surface area is 102 Å². The van der Waals surface area contributed by atoms with E-state index in [0.717, 1.165) is 5.56 Å². The van der Waals surface area contributed by atoms with Crippen molar-refractivity contribution in [3.63, 3.8) is 0 Å². The number of carbonyl (C=O) groups excluding carboxylic acids is 1. The molecular formula is C11H10ClN3O2. The number of aromatic nitrogens is 2. The molecule has 5 nitrogen and oxygen atoms in total. The highest BCUT2D eigenvalue weighted by atomic mass is 35.5. The fourth-order valence-electron chi connectivity index (χ4n) is 1.53. The molecule has 17 heavy (non-hydrogen) atoms. The van der Waals surface area contributed by atoms with Crippen LogP contribution in [0.2, 0.25) is 5.02 Å². The lowest BCUT2D eigenvalue weighted by molar-refractivity contribution is 0.0989. The van der Waals surface area contributed by atoms with Gasteiger partial charge in [0, 0.05) is 11.6 Å². The fraction of sp³-hybridized carbons (Fsp3) is 0.0909. The molecule has 0 fully saturated rings. The molecule has 0 radical (unpaired) electrons. The van der Waals surface area contributed by atoms with Crippen LogP contribution in [0.5, 0.6) is 5.88 Å². The summed E-state index contributed by atoms with van der Waals surface area (Å²) < 4.78 is 1.49. The predicted molar refractivity (Wildman–Crippen MR) is 63.0 cm³/mol. The molecule has 0 atom stereocenters. The highest BCUT2D eigenvalue weighted by Crippen LogP contribution is 2.16. The molecular weight excluding hydrogens is 242 g/mol. The Kier molecular flexibility index (Phi) is 3.01. The normalized spacial score (nSPS) is 10.4. The van der Waals surface area contributed by atoms with Gasteiger partial charge in [-0.1, -0.05) is 23.7 Å². The van der Waals surface area contributed by atoms with E-state index in [0.29, 0.717) is 11.6 Å². The molecule has 0 saturated carbocycles. The van der Waals surface area contributed by atoms with Crippen molar-refractivity contribution in [2.45, 2.75) is 6.54 Å². The van der Waals surface area contributed by atoms with E-state index in [2.05, 4.69) is 4.98 Å². The van der Waals surface area contributed by atoms with Crippen molar-refractivity contribution in [3.8, 4) is 5.88 Å². The summed E-state index contributed by atoms with van der Waals surface area (Å²) in [4.78, 5) is 14.8. The molecule has 0 unspecified atom stereocenters. The Morgan fingerprint density at radius 3 is 2.65 bits per heavy atom. The molecule has 1 heterocycles. The van der Waals surface area contributed by atoms with Gasteiger partial charge in [0.1, 0.15) is 0 Å². The van der Waals surface area contributed by atoms with Crippen LogP contribution in [-0.2, 0) is 6.54 Å². The number of nitrogens with zero attached hydrogens (tertiary/aromatic N) is 2. The number of amides is 1. The average molecular weight is 252 g/mol. The summed E-state index contributed by atoms with van der Waals surface area (Å²) >= 11 is 5.77. The second-order valence-electron chi connectivity index (χ2n) is 3.54. The van der Waals surface area contributed by atoms with Gasteiger partial charge in [0.25, 0.3) is 5.91 Å². The minimum Gasteiger partial charge on any atom is -0.492 e. The Balaban J connectivity index is 2.30. The molecule has 0 saturated heterocycles. The van der Waals surface area contributed by atoms with E-state index < -0.39 is 5.91 Å². The van der Waals surface area contributed by atoms with Gasteiger partial charge in [-0.15, -0.1) is 0 Å². The molecule has 88 valence electrons. The number of primary amides is 1. The minimum atomic E-state index is -0.714. The van der Waals surface area contributed by atoms with Crippen molar-refractivity contribution in [1.29, 1.82) is 0 Å². The van der Waals surface area contributed by atoms with E-state index in [1.165, 1.54) is 10.9 Å². The molecule has 0 aliphatic carbocycles. The third-order valence-electron chi connectivity index (χ3n) is 2.32. The first kappa shape index (κ1) is 11.5. The fourth-order valence-corrected chi connectivity index (χ4v) is 1.66. The Hall–Kier alpha value is -2.01. The first-order chi connectivity index (χ1) is 8.08. The summed E-state index contributed by atoms with van der Waals surface area (Å²) in [5.74, 6) is -1.07. The Morgan fingerprint density at radius 1 is 1.41 bits per heavy atom. The zero-order valence-corrected chi connectivity index (χ0v) is 9.55. The number of benzene rings is 1. The number of rotatable bonds is 3. The molecule has 1 aromatic heterocycles. The highest BCUT2D eigenvalue weighted by molar-refractivity contribution is 6.30. The van der Waals surface area contributed by atoms with Gasteiger partial charge in [-0.25, -0.2) is 4.98 Å². The van der Waals surface area contributed by atoms with Crippen molar-refractivity contribution in [3.05, 3.63) is 46.9 Å². The van der Waals surface area contributed by atoms with Gasteiger partial charge in [-0.05, 0) is 17.7 Å². The summed E-state index contributed by atoms with van der Waals surface area (Å²) in [6.45, 7) is 0.392. The maximum Gasteiger partial charge on any atom is 0.271 e. The standard InChI is InChI=1S/C11H10ClN3O2/c12-8-3-1-7(2-4-8)5-15-6-14-11(17)9(15)10(13)16/h1-4,6,17H,5H2,(H2,13,16). The first-order valence-corrected chi connectivity index (χ1v) is 5.24. The van der Waals surface area contributed by atoms with Crippen LogP contribution >= 0.6 is 11.6 Å². The quantitative estimate of drug-likeness (QED) is 0.865. The van der Waals surface area contributed by atoms with Crippen LogP contribution in [0.25, 0.3) is 0 Å². The van der Waals surface area contributed by atoms with E-state index >= 15 is 0 Å². The summed E-state index contributed by atoms with van der Waals surface area (Å²) in [7, 11) is 0. The van der Waals surface area contributed by atoms with Crippen LogP contribution in [0, 0.1) is 0 Å². The lowest BCUT2D eigenvalue weighted by Gasteiger charge is -2.05. The number of nitrogens with two attached hydrogens (primary N) is 1. The Bertz CT molecular complexity index is 548. The van der Waals surface area contributed by atoms with E-state index in [1.54, 1.807) is 12.1 Å². The van der Waals surface area contributed by atoms with E-state index in [9.17, 15) is 9.90 Å². The van der Waals surface area contributed by atoms with Gasteiger partial charge in [0.15, 0.2) is 5.69 Å². The van der Waals surface area contributed by atoms with E-state index in [1.807, 2.05) is 12.1 Å². The molecule has 0 spiro atoms. The van der Waals surface area contributed by atoms with E-state index in [4.69, 9.17) is 17.3 Å². The topological polar surface area (TPSA) is 81.1 Å². The molecule has 3 N–H and O–H groups in total. The van der Waals surface area contributed by atoms with Crippen molar-refractivity contribution in [2.75, 3.05) is 0 Å². The summed E-state index contributed by atoms with van der Waals surface area (Å²) in [6.07, 6.45) is 1.37. The summed E-state index contributed by atoms with van der Waals surface area (Å²) in [5, 5.41) is 10.0. The number of hydrogen-bond donors (Lipinski definition) is 2. The first-order valence-electron chi connectivity index (χ1n) is 4.86. The van der Waals surface area contributed by atoms with Crippen LogP contribution in [-0.4, -0.2) is 20.6 Å². The number of halogens is 1. The molecule has 0 aliphatic rings. The van der Waals surface area contributed by atoms with Gasteiger partial charge in [0.2, 0.25) is 5.88 Å². The smallest absolute Gasteiger partial charge is 0.271 e. The second-order valence-corrected chi connectivity index (χ2v) is 3.97. The monoisotopic (exact) mass is 251 g/mol. The molecule has 6 heteroatoms. The zero-order valence-electron chi connectivity index (χ0n) is 8.80. The lowest BCUT2D eigenvalue weighted by Crippen LogP contribution is -2.17. The average Bonchev–Trinajstić information content (AvgIpc) is 2.63. The highest BCUT2D eigenvalue weighted by Gasteiger charge is 2.15. The number of imidazole rings is 1. The van der Waals surface area contributed by atoms with Gasteiger partial charge >= 0.3 is 0 Å². The van der Waals surface area contributed by atoms with Gasteiger partial charge in [0.05, 0.1) is 6.33 Å². The van der Waals surface area contributed by atoms with Crippen molar-refractivity contribution >= 4 is 17.5 Å². The maximum atomic E-state index is 11.1. The van der Waals surface area contributed by atoms with Crippen molar-refractivity contribution < 1.29 is 9.90 Å². The molecule has 0 bridgehead atoms. The molecule has 0 aliphatic heterocycles. The summed E-state index contributed by atoms with van der Waals surface area (Å²) in [6, 6.07) is 7.14. The predicted octanol–water partition coefficient (Wildman–Crippen LogP) is 1.39.